The molecule has 0 unspecified atom stereocenters. The highest BCUT2D eigenvalue weighted by atomic mass is 35.5. The van der Waals surface area contributed by atoms with Gasteiger partial charge in [0.05, 0.1) is 11.3 Å². The van der Waals surface area contributed by atoms with Crippen molar-refractivity contribution in [3.8, 4) is 16.9 Å². The fourth-order valence-electron chi connectivity index (χ4n) is 3.50. The third kappa shape index (κ3) is 3.96. The van der Waals surface area contributed by atoms with Crippen LogP contribution in [0.4, 0.5) is 0 Å². The maximum absolute atomic E-state index is 13.2. The number of rotatable bonds is 4. The van der Waals surface area contributed by atoms with Gasteiger partial charge in [0, 0.05) is 30.9 Å². The number of nitrogens with two attached hydrogens (primary N) is 1. The second-order valence-electron chi connectivity index (χ2n) is 7.02. The molecule has 2 N–H and O–H groups in total. The van der Waals surface area contributed by atoms with E-state index < -0.39 is 0 Å². The standard InChI is InChI=1S/C22H24N4O.ClH/c1-2-16-8-10-17(11-9-16)21-20(22(27)25-13-12-18(23)14-25)15-26(24-21)19-6-4-3-5-7-19;/h3-11,15,18H,2,12-14,23H2,1H3;1H/t18-;/m1./s1. The molecule has 0 radical (unpaired) electrons. The predicted octanol–water partition coefficient (Wildman–Crippen LogP) is 3.70. The number of nitrogens with zero attached hydrogens (tertiary/aromatic N) is 3. The van der Waals surface area contributed by atoms with E-state index in [0.29, 0.717) is 24.3 Å². The minimum absolute atomic E-state index is 0. The van der Waals surface area contributed by atoms with Gasteiger partial charge in [-0.1, -0.05) is 49.4 Å². The van der Waals surface area contributed by atoms with Gasteiger partial charge in [0.2, 0.25) is 0 Å². The lowest BCUT2D eigenvalue weighted by atomic mass is 10.0. The number of benzene rings is 2. The second kappa shape index (κ2) is 8.59. The molecular weight excluding hydrogens is 372 g/mol. The molecule has 0 saturated carbocycles. The third-order valence-electron chi connectivity index (χ3n) is 5.11. The molecule has 6 heteroatoms. The highest BCUT2D eigenvalue weighted by molar-refractivity contribution is 6.00. The van der Waals surface area contributed by atoms with Crippen LogP contribution < -0.4 is 5.73 Å². The monoisotopic (exact) mass is 396 g/mol. The first-order valence-electron chi connectivity index (χ1n) is 9.45. The number of likely N-dealkylation sites (tertiary alicyclic amines) is 1. The number of halogens is 1. The number of hydrogen-bond acceptors (Lipinski definition) is 3. The highest BCUT2D eigenvalue weighted by Gasteiger charge is 2.28. The van der Waals surface area contributed by atoms with E-state index in [9.17, 15) is 4.79 Å². The number of aryl methyl sites for hydroxylation is 1. The summed E-state index contributed by atoms with van der Waals surface area (Å²) in [7, 11) is 0. The molecule has 1 aliphatic rings. The normalized spacial score (nSPS) is 16.1. The van der Waals surface area contributed by atoms with Gasteiger partial charge in [-0.2, -0.15) is 5.10 Å². The molecular formula is C22H25ClN4O. The summed E-state index contributed by atoms with van der Waals surface area (Å²) in [6.07, 6.45) is 3.67. The van der Waals surface area contributed by atoms with Crippen LogP contribution in [-0.2, 0) is 6.42 Å². The van der Waals surface area contributed by atoms with Crippen molar-refractivity contribution < 1.29 is 4.79 Å². The molecule has 1 amide bonds. The van der Waals surface area contributed by atoms with Gasteiger partial charge < -0.3 is 10.6 Å². The zero-order valence-corrected chi connectivity index (χ0v) is 16.7. The average molecular weight is 397 g/mol. The largest absolute Gasteiger partial charge is 0.337 e. The topological polar surface area (TPSA) is 64.2 Å². The Kier molecular flexibility index (Phi) is 6.17. The van der Waals surface area contributed by atoms with E-state index in [0.717, 1.165) is 24.1 Å². The van der Waals surface area contributed by atoms with Crippen LogP contribution in [0.5, 0.6) is 0 Å². The lowest BCUT2D eigenvalue weighted by Gasteiger charge is -2.15. The molecule has 2 heterocycles. The lowest BCUT2D eigenvalue weighted by molar-refractivity contribution is 0.0791. The van der Waals surface area contributed by atoms with E-state index in [1.807, 2.05) is 53.6 Å². The maximum atomic E-state index is 13.2. The zero-order valence-electron chi connectivity index (χ0n) is 15.9. The fourth-order valence-corrected chi connectivity index (χ4v) is 3.50. The third-order valence-corrected chi connectivity index (χ3v) is 5.11. The van der Waals surface area contributed by atoms with E-state index in [1.54, 1.807) is 4.68 Å². The Morgan fingerprint density at radius 1 is 1.14 bits per heavy atom. The first-order chi connectivity index (χ1) is 13.2. The van der Waals surface area contributed by atoms with E-state index in [2.05, 4.69) is 19.1 Å². The van der Waals surface area contributed by atoms with Gasteiger partial charge in [-0.05, 0) is 30.5 Å². The molecule has 28 heavy (non-hydrogen) atoms. The van der Waals surface area contributed by atoms with Gasteiger partial charge in [0.1, 0.15) is 5.69 Å². The summed E-state index contributed by atoms with van der Waals surface area (Å²) in [4.78, 5) is 15.0. The van der Waals surface area contributed by atoms with Crippen LogP contribution in [0.3, 0.4) is 0 Å². The number of carbonyl (C=O) groups excluding carboxylic acids is 1. The molecule has 1 saturated heterocycles. The molecule has 2 aromatic carbocycles. The maximum Gasteiger partial charge on any atom is 0.257 e. The molecule has 1 fully saturated rings. The first kappa shape index (κ1) is 20.1. The minimum Gasteiger partial charge on any atom is -0.337 e. The van der Waals surface area contributed by atoms with Crippen LogP contribution in [0, 0.1) is 0 Å². The summed E-state index contributed by atoms with van der Waals surface area (Å²) in [6, 6.07) is 18.2. The summed E-state index contributed by atoms with van der Waals surface area (Å²) in [6.45, 7) is 3.43. The van der Waals surface area contributed by atoms with Crippen molar-refractivity contribution >= 4 is 18.3 Å². The minimum atomic E-state index is -0.000279. The van der Waals surface area contributed by atoms with Crippen LogP contribution >= 0.6 is 12.4 Å². The molecule has 0 bridgehead atoms. The molecule has 0 aliphatic carbocycles. The first-order valence-corrected chi connectivity index (χ1v) is 9.45. The van der Waals surface area contributed by atoms with Gasteiger partial charge in [0.15, 0.2) is 0 Å². The molecule has 1 aliphatic heterocycles. The molecule has 4 rings (SSSR count). The second-order valence-corrected chi connectivity index (χ2v) is 7.02. The Labute approximate surface area is 171 Å². The summed E-state index contributed by atoms with van der Waals surface area (Å²) < 4.78 is 1.78. The van der Waals surface area contributed by atoms with Gasteiger partial charge in [0.25, 0.3) is 5.91 Å². The van der Waals surface area contributed by atoms with Crippen molar-refractivity contribution in [2.24, 2.45) is 5.73 Å². The SMILES string of the molecule is CCc1ccc(-c2nn(-c3ccccc3)cc2C(=O)N2CC[C@@H](N)C2)cc1.Cl. The van der Waals surface area contributed by atoms with E-state index in [-0.39, 0.29) is 24.4 Å². The summed E-state index contributed by atoms with van der Waals surface area (Å²) >= 11 is 0. The van der Waals surface area contributed by atoms with Crippen LogP contribution in [-0.4, -0.2) is 39.7 Å². The van der Waals surface area contributed by atoms with Crippen molar-refractivity contribution in [2.45, 2.75) is 25.8 Å². The lowest BCUT2D eigenvalue weighted by Crippen LogP contribution is -2.32. The van der Waals surface area contributed by atoms with Gasteiger partial charge >= 0.3 is 0 Å². The Morgan fingerprint density at radius 3 is 2.46 bits per heavy atom. The Bertz CT molecular complexity index is 937. The fraction of sp³-hybridized carbons (Fsp3) is 0.273. The Hall–Kier alpha value is -2.63. The van der Waals surface area contributed by atoms with Crippen molar-refractivity contribution in [3.05, 3.63) is 71.9 Å². The summed E-state index contributed by atoms with van der Waals surface area (Å²) in [5.74, 6) is -0.000279. The highest BCUT2D eigenvalue weighted by Crippen LogP contribution is 2.26. The number of aromatic nitrogens is 2. The quantitative estimate of drug-likeness (QED) is 0.731. The number of carbonyl (C=O) groups is 1. The zero-order chi connectivity index (χ0) is 18.8. The van der Waals surface area contributed by atoms with Crippen molar-refractivity contribution in [2.75, 3.05) is 13.1 Å². The van der Waals surface area contributed by atoms with E-state index in [1.165, 1.54) is 5.56 Å². The van der Waals surface area contributed by atoms with Crippen LogP contribution in [0.25, 0.3) is 16.9 Å². The van der Waals surface area contributed by atoms with Crippen molar-refractivity contribution in [1.29, 1.82) is 0 Å². The molecule has 5 nitrogen and oxygen atoms in total. The molecule has 1 aromatic heterocycles. The molecule has 3 aromatic rings. The van der Waals surface area contributed by atoms with Crippen molar-refractivity contribution in [1.82, 2.24) is 14.7 Å². The molecule has 1 atom stereocenters. The number of para-hydroxylation sites is 1. The number of amides is 1. The van der Waals surface area contributed by atoms with Gasteiger partial charge in [-0.25, -0.2) is 4.68 Å². The van der Waals surface area contributed by atoms with E-state index in [4.69, 9.17) is 10.8 Å². The number of hydrogen-bond donors (Lipinski definition) is 1. The van der Waals surface area contributed by atoms with E-state index >= 15 is 0 Å². The van der Waals surface area contributed by atoms with Gasteiger partial charge in [-0.3, -0.25) is 4.79 Å². The summed E-state index contributed by atoms with van der Waals surface area (Å²) in [5.41, 5.74) is 10.5. The van der Waals surface area contributed by atoms with Crippen LogP contribution in [0.1, 0.15) is 29.3 Å². The Morgan fingerprint density at radius 2 is 1.86 bits per heavy atom. The van der Waals surface area contributed by atoms with Crippen LogP contribution in [0.2, 0.25) is 0 Å². The smallest absolute Gasteiger partial charge is 0.257 e. The molecule has 0 spiro atoms. The van der Waals surface area contributed by atoms with Crippen molar-refractivity contribution in [3.63, 3.8) is 0 Å². The van der Waals surface area contributed by atoms with Gasteiger partial charge in [-0.15, -0.1) is 12.4 Å². The molecule has 146 valence electrons. The predicted molar refractivity (Wildman–Crippen MR) is 114 cm³/mol. The van der Waals surface area contributed by atoms with Crippen LogP contribution in [0.15, 0.2) is 60.8 Å². The average Bonchev–Trinajstić information content (AvgIpc) is 3.35. The summed E-state index contributed by atoms with van der Waals surface area (Å²) in [5, 5.41) is 4.76. The Balaban J connectivity index is 0.00000225.